The standard InChI is InChI=1S/C12H18N2O5S/c1-8(15)9-2-4-14(5-3-9)20(18,19)10-6-11(12(16)17)13-7-10/h6-9,13,15H,2-5H2,1H3,(H,16,17). The summed E-state index contributed by atoms with van der Waals surface area (Å²) in [6, 6.07) is 1.12. The molecular weight excluding hydrogens is 284 g/mol. The van der Waals surface area contributed by atoms with Gasteiger partial charge in [-0.25, -0.2) is 13.2 Å². The lowest BCUT2D eigenvalue weighted by molar-refractivity contribution is 0.0691. The molecule has 8 heteroatoms. The van der Waals surface area contributed by atoms with Crippen molar-refractivity contribution in [1.82, 2.24) is 9.29 Å². The van der Waals surface area contributed by atoms with Gasteiger partial charge in [-0.15, -0.1) is 0 Å². The maximum absolute atomic E-state index is 12.4. The SMILES string of the molecule is CC(O)C1CCN(S(=O)(=O)c2c[nH]c(C(=O)O)c2)CC1. The van der Waals surface area contributed by atoms with Gasteiger partial charge in [0.1, 0.15) is 10.6 Å². The van der Waals surface area contributed by atoms with Gasteiger partial charge in [-0.3, -0.25) is 0 Å². The van der Waals surface area contributed by atoms with E-state index >= 15 is 0 Å². The first-order valence-electron chi connectivity index (χ1n) is 6.42. The fraction of sp³-hybridized carbons (Fsp3) is 0.583. The Bertz CT molecular complexity index is 585. The van der Waals surface area contributed by atoms with Gasteiger partial charge in [0.2, 0.25) is 10.0 Å². The fourth-order valence-electron chi connectivity index (χ4n) is 2.39. The normalized spacial score (nSPS) is 19.9. The summed E-state index contributed by atoms with van der Waals surface area (Å²) in [5, 5.41) is 18.3. The van der Waals surface area contributed by atoms with Gasteiger partial charge in [-0.05, 0) is 31.7 Å². The second-order valence-corrected chi connectivity index (χ2v) is 6.97. The molecule has 3 N–H and O–H groups in total. The molecule has 0 bridgehead atoms. The van der Waals surface area contributed by atoms with Crippen LogP contribution in [0.15, 0.2) is 17.2 Å². The van der Waals surface area contributed by atoms with E-state index in [0.29, 0.717) is 25.9 Å². The van der Waals surface area contributed by atoms with Gasteiger partial charge in [0.15, 0.2) is 0 Å². The highest BCUT2D eigenvalue weighted by molar-refractivity contribution is 7.89. The summed E-state index contributed by atoms with van der Waals surface area (Å²) in [4.78, 5) is 13.2. The Hall–Kier alpha value is -1.38. The zero-order chi connectivity index (χ0) is 14.9. The molecule has 0 amide bonds. The summed E-state index contributed by atoms with van der Waals surface area (Å²) < 4.78 is 26.0. The summed E-state index contributed by atoms with van der Waals surface area (Å²) in [7, 11) is -3.67. The van der Waals surface area contributed by atoms with Crippen LogP contribution < -0.4 is 0 Å². The summed E-state index contributed by atoms with van der Waals surface area (Å²) in [5.41, 5.74) is -0.151. The molecule has 0 radical (unpaired) electrons. The average molecular weight is 302 g/mol. The number of nitrogens with one attached hydrogen (secondary N) is 1. The van der Waals surface area contributed by atoms with Crippen LogP contribution in [-0.2, 0) is 10.0 Å². The highest BCUT2D eigenvalue weighted by atomic mass is 32.2. The van der Waals surface area contributed by atoms with Crippen LogP contribution in [0.25, 0.3) is 0 Å². The molecule has 2 heterocycles. The minimum atomic E-state index is -3.67. The molecule has 0 aliphatic carbocycles. The molecule has 0 saturated carbocycles. The summed E-state index contributed by atoms with van der Waals surface area (Å²) in [6.45, 7) is 2.39. The number of aliphatic hydroxyl groups excluding tert-OH is 1. The average Bonchev–Trinajstić information content (AvgIpc) is 2.89. The second-order valence-electron chi connectivity index (χ2n) is 5.04. The van der Waals surface area contributed by atoms with Gasteiger partial charge >= 0.3 is 5.97 Å². The monoisotopic (exact) mass is 302 g/mol. The lowest BCUT2D eigenvalue weighted by atomic mass is 9.93. The Morgan fingerprint density at radius 1 is 1.45 bits per heavy atom. The molecule has 1 saturated heterocycles. The van der Waals surface area contributed by atoms with Crippen LogP contribution in [0.4, 0.5) is 0 Å². The molecule has 1 aromatic rings. The van der Waals surface area contributed by atoms with Gasteiger partial charge < -0.3 is 15.2 Å². The predicted molar refractivity (Wildman–Crippen MR) is 70.9 cm³/mol. The van der Waals surface area contributed by atoms with E-state index in [9.17, 15) is 18.3 Å². The molecule has 1 unspecified atom stereocenters. The minimum Gasteiger partial charge on any atom is -0.477 e. The first-order valence-corrected chi connectivity index (χ1v) is 7.86. The van der Waals surface area contributed by atoms with Crippen LogP contribution in [0.2, 0.25) is 0 Å². The van der Waals surface area contributed by atoms with Crippen LogP contribution in [0.3, 0.4) is 0 Å². The number of aromatic amines is 1. The number of carbonyl (C=O) groups is 1. The van der Waals surface area contributed by atoms with Crippen molar-refractivity contribution in [3.8, 4) is 0 Å². The van der Waals surface area contributed by atoms with Crippen molar-refractivity contribution in [2.45, 2.75) is 30.8 Å². The molecule has 1 aliphatic heterocycles. The van der Waals surface area contributed by atoms with Crippen LogP contribution in [0, 0.1) is 5.92 Å². The molecule has 1 aromatic heterocycles. The third-order valence-electron chi connectivity index (χ3n) is 3.71. The van der Waals surface area contributed by atoms with Crippen LogP contribution in [-0.4, -0.2) is 53.1 Å². The molecule has 1 atom stereocenters. The van der Waals surface area contributed by atoms with Crippen molar-refractivity contribution in [3.63, 3.8) is 0 Å². The number of hydrogen-bond acceptors (Lipinski definition) is 4. The van der Waals surface area contributed by atoms with Crippen LogP contribution >= 0.6 is 0 Å². The summed E-state index contributed by atoms with van der Waals surface area (Å²) in [5.74, 6) is -1.08. The quantitative estimate of drug-likeness (QED) is 0.750. The Balaban J connectivity index is 2.13. The smallest absolute Gasteiger partial charge is 0.352 e. The van der Waals surface area contributed by atoms with E-state index in [1.54, 1.807) is 6.92 Å². The van der Waals surface area contributed by atoms with Crippen LogP contribution in [0.5, 0.6) is 0 Å². The lowest BCUT2D eigenvalue weighted by Crippen LogP contribution is -2.40. The van der Waals surface area contributed by atoms with Gasteiger partial charge in [0.05, 0.1) is 6.10 Å². The third kappa shape index (κ3) is 2.87. The fourth-order valence-corrected chi connectivity index (χ4v) is 3.86. The second kappa shape index (κ2) is 5.55. The number of H-pyrrole nitrogens is 1. The third-order valence-corrected chi connectivity index (χ3v) is 5.58. The molecule has 1 fully saturated rings. The Kier molecular flexibility index (Phi) is 4.17. The summed E-state index contributed by atoms with van der Waals surface area (Å²) in [6.07, 6.45) is 1.96. The number of rotatable bonds is 4. The Labute approximate surface area is 117 Å². The van der Waals surface area contributed by atoms with Gasteiger partial charge in [0, 0.05) is 19.3 Å². The zero-order valence-corrected chi connectivity index (χ0v) is 11.9. The largest absolute Gasteiger partial charge is 0.477 e. The van der Waals surface area contributed by atoms with E-state index in [-0.39, 0.29) is 16.5 Å². The molecule has 1 aliphatic rings. The lowest BCUT2D eigenvalue weighted by Gasteiger charge is -2.32. The van der Waals surface area contributed by atoms with E-state index in [1.807, 2.05) is 0 Å². The summed E-state index contributed by atoms with van der Waals surface area (Å²) >= 11 is 0. The molecular formula is C12H18N2O5S. The van der Waals surface area contributed by atoms with Crippen LogP contribution in [0.1, 0.15) is 30.3 Å². The maximum Gasteiger partial charge on any atom is 0.352 e. The molecule has 7 nitrogen and oxygen atoms in total. The maximum atomic E-state index is 12.4. The minimum absolute atomic E-state index is 0.0367. The van der Waals surface area contributed by atoms with Crippen molar-refractivity contribution in [2.24, 2.45) is 5.92 Å². The molecule has 0 aromatic carbocycles. The van der Waals surface area contributed by atoms with Gasteiger partial charge in [0.25, 0.3) is 0 Å². The molecule has 112 valence electrons. The van der Waals surface area contributed by atoms with Gasteiger partial charge in [-0.1, -0.05) is 0 Å². The van der Waals surface area contributed by atoms with E-state index in [2.05, 4.69) is 4.98 Å². The van der Waals surface area contributed by atoms with Crippen molar-refractivity contribution < 1.29 is 23.4 Å². The Morgan fingerprint density at radius 3 is 2.50 bits per heavy atom. The number of piperidine rings is 1. The predicted octanol–water partition coefficient (Wildman–Crippen LogP) is 0.494. The number of nitrogens with zero attached hydrogens (tertiary/aromatic N) is 1. The number of aromatic nitrogens is 1. The van der Waals surface area contributed by atoms with E-state index < -0.39 is 22.1 Å². The number of sulfonamides is 1. The number of hydrogen-bond donors (Lipinski definition) is 3. The first kappa shape index (κ1) is 15.0. The van der Waals surface area contributed by atoms with Crippen molar-refractivity contribution in [3.05, 3.63) is 18.0 Å². The first-order chi connectivity index (χ1) is 9.32. The number of carboxylic acid groups (broad SMARTS) is 1. The van der Waals surface area contributed by atoms with Crippen molar-refractivity contribution in [2.75, 3.05) is 13.1 Å². The molecule has 20 heavy (non-hydrogen) atoms. The highest BCUT2D eigenvalue weighted by Crippen LogP contribution is 2.25. The number of aliphatic hydroxyl groups is 1. The van der Waals surface area contributed by atoms with E-state index in [0.717, 1.165) is 6.07 Å². The van der Waals surface area contributed by atoms with Crippen molar-refractivity contribution in [1.29, 1.82) is 0 Å². The van der Waals surface area contributed by atoms with E-state index in [4.69, 9.17) is 5.11 Å². The highest BCUT2D eigenvalue weighted by Gasteiger charge is 2.31. The zero-order valence-electron chi connectivity index (χ0n) is 11.1. The Morgan fingerprint density at radius 2 is 2.05 bits per heavy atom. The number of carboxylic acids is 1. The molecule has 0 spiro atoms. The number of aromatic carboxylic acids is 1. The topological polar surface area (TPSA) is 111 Å². The van der Waals surface area contributed by atoms with Gasteiger partial charge in [-0.2, -0.15) is 4.31 Å². The van der Waals surface area contributed by atoms with E-state index in [1.165, 1.54) is 10.5 Å². The molecule has 2 rings (SSSR count). The van der Waals surface area contributed by atoms with Crippen molar-refractivity contribution >= 4 is 16.0 Å².